The smallest absolute Gasteiger partial charge is 0.332 e. The van der Waals surface area contributed by atoms with E-state index in [-0.39, 0.29) is 11.5 Å². The van der Waals surface area contributed by atoms with Gasteiger partial charge in [0.15, 0.2) is 15.9 Å². The molecule has 0 amide bonds. The Balaban J connectivity index is 2.67. The van der Waals surface area contributed by atoms with Gasteiger partial charge < -0.3 is 10.2 Å². The molecule has 13 heavy (non-hydrogen) atoms. The predicted molar refractivity (Wildman–Crippen MR) is 45.0 cm³/mol. The van der Waals surface area contributed by atoms with Crippen LogP contribution in [0.4, 0.5) is 0 Å². The zero-order valence-corrected chi connectivity index (χ0v) is 7.83. The van der Waals surface area contributed by atoms with Gasteiger partial charge in [-0.2, -0.15) is 0 Å². The van der Waals surface area contributed by atoms with Gasteiger partial charge in [-0.05, 0) is 12.8 Å². The highest BCUT2D eigenvalue weighted by molar-refractivity contribution is 7.91. The van der Waals surface area contributed by atoms with Gasteiger partial charge >= 0.3 is 5.97 Å². The van der Waals surface area contributed by atoms with Gasteiger partial charge in [0.2, 0.25) is 0 Å². The minimum Gasteiger partial charge on any atom is -0.479 e. The number of aliphatic hydroxyl groups is 1. The molecule has 1 heterocycles. The Morgan fingerprint density at radius 1 is 1.46 bits per heavy atom. The maximum absolute atomic E-state index is 11.1. The van der Waals surface area contributed by atoms with Gasteiger partial charge in [-0.3, -0.25) is 0 Å². The van der Waals surface area contributed by atoms with Crippen LogP contribution in [0.2, 0.25) is 0 Å². The maximum atomic E-state index is 11.1. The standard InChI is InChI=1S/C7H12O5S/c8-6(7(9)10)5-2-1-3-13(11,12)4-5/h5-6,8H,1-4H2,(H,9,10). The van der Waals surface area contributed by atoms with Gasteiger partial charge in [-0.1, -0.05) is 0 Å². The van der Waals surface area contributed by atoms with Crippen molar-refractivity contribution in [3.8, 4) is 0 Å². The van der Waals surface area contributed by atoms with E-state index in [2.05, 4.69) is 0 Å². The molecule has 2 unspecified atom stereocenters. The van der Waals surface area contributed by atoms with Crippen molar-refractivity contribution in [2.75, 3.05) is 11.5 Å². The average molecular weight is 208 g/mol. The summed E-state index contributed by atoms with van der Waals surface area (Å²) in [5.41, 5.74) is 0. The first-order chi connectivity index (χ1) is 5.92. The van der Waals surface area contributed by atoms with Crippen LogP contribution in [0.3, 0.4) is 0 Å². The summed E-state index contributed by atoms with van der Waals surface area (Å²) >= 11 is 0. The van der Waals surface area contributed by atoms with Crippen molar-refractivity contribution in [1.82, 2.24) is 0 Å². The van der Waals surface area contributed by atoms with Crippen LogP contribution in [0.25, 0.3) is 0 Å². The predicted octanol–water partition coefficient (Wildman–Crippen LogP) is -0.743. The normalized spacial score (nSPS) is 29.5. The number of aliphatic carboxylic acids is 1. The van der Waals surface area contributed by atoms with Crippen LogP contribution in [-0.4, -0.2) is 42.2 Å². The van der Waals surface area contributed by atoms with E-state index < -0.39 is 27.8 Å². The molecule has 2 N–H and O–H groups in total. The summed E-state index contributed by atoms with van der Waals surface area (Å²) in [6.45, 7) is 0. The Bertz CT molecular complexity index is 294. The molecule has 5 nitrogen and oxygen atoms in total. The van der Waals surface area contributed by atoms with Crippen molar-refractivity contribution in [3.05, 3.63) is 0 Å². The molecule has 76 valence electrons. The van der Waals surface area contributed by atoms with Crippen molar-refractivity contribution in [2.45, 2.75) is 18.9 Å². The number of carbonyl (C=O) groups is 1. The second kappa shape index (κ2) is 3.63. The molecule has 0 radical (unpaired) electrons. The summed E-state index contributed by atoms with van der Waals surface area (Å²) in [5.74, 6) is -2.09. The van der Waals surface area contributed by atoms with Crippen LogP contribution in [0.1, 0.15) is 12.8 Å². The number of rotatable bonds is 2. The van der Waals surface area contributed by atoms with Gasteiger partial charge in [0, 0.05) is 5.92 Å². The molecule has 0 aromatic carbocycles. The first-order valence-electron chi connectivity index (χ1n) is 4.04. The Morgan fingerprint density at radius 3 is 2.54 bits per heavy atom. The molecule has 0 aliphatic carbocycles. The Kier molecular flexibility index (Phi) is 2.92. The lowest BCUT2D eigenvalue weighted by Crippen LogP contribution is -2.37. The quantitative estimate of drug-likeness (QED) is 0.623. The van der Waals surface area contributed by atoms with Crippen molar-refractivity contribution in [1.29, 1.82) is 0 Å². The summed E-state index contributed by atoms with van der Waals surface area (Å²) in [5, 5.41) is 17.6. The van der Waals surface area contributed by atoms with Crippen LogP contribution in [-0.2, 0) is 14.6 Å². The van der Waals surface area contributed by atoms with Crippen molar-refractivity contribution in [2.24, 2.45) is 5.92 Å². The summed E-state index contributed by atoms with van der Waals surface area (Å²) in [4.78, 5) is 10.4. The minimum atomic E-state index is -3.13. The fourth-order valence-corrected chi connectivity index (χ4v) is 3.28. The van der Waals surface area contributed by atoms with Crippen LogP contribution >= 0.6 is 0 Å². The van der Waals surface area contributed by atoms with Crippen LogP contribution in [0.15, 0.2) is 0 Å². The lowest BCUT2D eigenvalue weighted by atomic mass is 9.99. The first kappa shape index (κ1) is 10.5. The zero-order chi connectivity index (χ0) is 10.1. The Morgan fingerprint density at radius 2 is 2.08 bits per heavy atom. The third kappa shape index (κ3) is 2.67. The number of hydrogen-bond acceptors (Lipinski definition) is 4. The number of aliphatic hydroxyl groups excluding tert-OH is 1. The van der Waals surface area contributed by atoms with Gasteiger partial charge in [-0.25, -0.2) is 13.2 Å². The lowest BCUT2D eigenvalue weighted by molar-refractivity contribution is -0.149. The number of hydrogen-bond donors (Lipinski definition) is 2. The van der Waals surface area contributed by atoms with E-state index in [0.29, 0.717) is 12.8 Å². The van der Waals surface area contributed by atoms with Gasteiger partial charge in [0.05, 0.1) is 11.5 Å². The van der Waals surface area contributed by atoms with Crippen LogP contribution in [0.5, 0.6) is 0 Å². The van der Waals surface area contributed by atoms with Crippen molar-refractivity contribution < 1.29 is 23.4 Å². The molecule has 2 atom stereocenters. The van der Waals surface area contributed by atoms with E-state index in [4.69, 9.17) is 10.2 Å². The fourth-order valence-electron chi connectivity index (χ4n) is 1.51. The summed E-state index contributed by atoms with van der Waals surface area (Å²) in [6, 6.07) is 0. The molecule has 6 heteroatoms. The van der Waals surface area contributed by atoms with Gasteiger partial charge in [0.25, 0.3) is 0 Å². The highest BCUT2D eigenvalue weighted by Gasteiger charge is 2.33. The van der Waals surface area contributed by atoms with Crippen molar-refractivity contribution >= 4 is 15.8 Å². The highest BCUT2D eigenvalue weighted by Crippen LogP contribution is 2.21. The van der Waals surface area contributed by atoms with Gasteiger partial charge in [-0.15, -0.1) is 0 Å². The molecule has 1 aliphatic heterocycles. The molecule has 0 aromatic rings. The van der Waals surface area contributed by atoms with Gasteiger partial charge in [0.1, 0.15) is 0 Å². The number of carboxylic acid groups (broad SMARTS) is 1. The molecule has 0 saturated carbocycles. The average Bonchev–Trinajstić information content (AvgIpc) is 2.01. The minimum absolute atomic E-state index is 0.107. The number of carboxylic acids is 1. The summed E-state index contributed by atoms with van der Waals surface area (Å²) in [6.07, 6.45) is -0.639. The topological polar surface area (TPSA) is 91.7 Å². The third-order valence-electron chi connectivity index (χ3n) is 2.20. The van der Waals surface area contributed by atoms with E-state index in [0.717, 1.165) is 0 Å². The number of sulfone groups is 1. The third-order valence-corrected chi connectivity index (χ3v) is 4.04. The molecular formula is C7H12O5S. The molecule has 1 saturated heterocycles. The summed E-state index contributed by atoms with van der Waals surface area (Å²) in [7, 11) is -3.13. The fraction of sp³-hybridized carbons (Fsp3) is 0.857. The molecular weight excluding hydrogens is 196 g/mol. The van der Waals surface area contributed by atoms with E-state index in [1.807, 2.05) is 0 Å². The molecule has 1 aliphatic rings. The van der Waals surface area contributed by atoms with E-state index in [1.165, 1.54) is 0 Å². The molecule has 0 aromatic heterocycles. The highest BCUT2D eigenvalue weighted by atomic mass is 32.2. The monoisotopic (exact) mass is 208 g/mol. The lowest BCUT2D eigenvalue weighted by Gasteiger charge is -2.23. The van der Waals surface area contributed by atoms with E-state index >= 15 is 0 Å². The SMILES string of the molecule is O=C(O)C(O)C1CCCS(=O)(=O)C1. The van der Waals surface area contributed by atoms with E-state index in [1.54, 1.807) is 0 Å². The Hall–Kier alpha value is -0.620. The molecule has 1 fully saturated rings. The second-order valence-electron chi connectivity index (χ2n) is 3.30. The first-order valence-corrected chi connectivity index (χ1v) is 5.86. The second-order valence-corrected chi connectivity index (χ2v) is 5.53. The van der Waals surface area contributed by atoms with Crippen molar-refractivity contribution in [3.63, 3.8) is 0 Å². The van der Waals surface area contributed by atoms with E-state index in [9.17, 15) is 13.2 Å². The summed E-state index contributed by atoms with van der Waals surface area (Å²) < 4.78 is 22.2. The molecule has 0 bridgehead atoms. The molecule has 0 spiro atoms. The maximum Gasteiger partial charge on any atom is 0.332 e. The Labute approximate surface area is 76.3 Å². The van der Waals surface area contributed by atoms with Crippen LogP contribution < -0.4 is 0 Å². The largest absolute Gasteiger partial charge is 0.479 e. The zero-order valence-electron chi connectivity index (χ0n) is 7.01. The molecule has 1 rings (SSSR count). The van der Waals surface area contributed by atoms with Crippen LogP contribution in [0, 0.1) is 5.92 Å².